The molecule has 6 nitrogen and oxygen atoms in total. The van der Waals surface area contributed by atoms with Crippen LogP contribution in [0.4, 0.5) is 5.69 Å². The highest BCUT2D eigenvalue weighted by atomic mass is 32.2. The molecule has 29 heavy (non-hydrogen) atoms. The van der Waals surface area contributed by atoms with E-state index < -0.39 is 6.10 Å². The fraction of sp³-hybridized carbons (Fsp3) is 0.182. The number of β-amino-alcohol motifs (C(OH)–C–C–N with tert-alkyl or cyclic N) is 1. The fourth-order valence-corrected chi connectivity index (χ4v) is 4.73. The number of thioether (sulfide) groups is 1. The van der Waals surface area contributed by atoms with E-state index in [-0.39, 0.29) is 5.69 Å². The summed E-state index contributed by atoms with van der Waals surface area (Å²) in [7, 11) is 0. The molecule has 2 aromatic heterocycles. The molecular formula is C22H20N4O2S. The third-order valence-corrected chi connectivity index (χ3v) is 6.28. The number of rotatable bonds is 3. The van der Waals surface area contributed by atoms with Gasteiger partial charge in [-0.3, -0.25) is 9.55 Å². The maximum Gasteiger partial charge on any atom is 0.332 e. The van der Waals surface area contributed by atoms with E-state index >= 15 is 0 Å². The van der Waals surface area contributed by atoms with Crippen LogP contribution in [0.25, 0.3) is 16.9 Å². The molecule has 2 N–H and O–H groups in total. The van der Waals surface area contributed by atoms with Crippen LogP contribution >= 0.6 is 11.8 Å². The molecule has 0 saturated heterocycles. The molecule has 2 aromatic carbocycles. The lowest BCUT2D eigenvalue weighted by Crippen LogP contribution is -2.32. The standard InChI is InChI=1S/C22H20N4O2S/c27-17-13-25(12-15-5-2-1-3-6-15)19-11-16(8-9-20(19)29-14-17)26-18-7-4-10-23-21(18)24-22(26)28/h1-11,17,27H,12-14H2,(H,23,24,28). The number of hydrogen-bond donors (Lipinski definition) is 2. The van der Waals surface area contributed by atoms with E-state index in [0.717, 1.165) is 21.8 Å². The van der Waals surface area contributed by atoms with Crippen LogP contribution in [0.15, 0.2) is 76.6 Å². The molecular weight excluding hydrogens is 384 g/mol. The predicted molar refractivity (Wildman–Crippen MR) is 116 cm³/mol. The number of hydrogen-bond acceptors (Lipinski definition) is 5. The van der Waals surface area contributed by atoms with E-state index in [1.54, 1.807) is 22.5 Å². The summed E-state index contributed by atoms with van der Waals surface area (Å²) >= 11 is 1.65. The zero-order valence-electron chi connectivity index (χ0n) is 15.7. The molecule has 0 aliphatic carbocycles. The average molecular weight is 404 g/mol. The second kappa shape index (κ2) is 7.42. The van der Waals surface area contributed by atoms with Gasteiger partial charge in [-0.2, -0.15) is 0 Å². The first-order valence-corrected chi connectivity index (χ1v) is 10.5. The molecule has 0 amide bonds. The molecule has 7 heteroatoms. The van der Waals surface area contributed by atoms with Crippen LogP contribution in [0.3, 0.4) is 0 Å². The van der Waals surface area contributed by atoms with Crippen molar-refractivity contribution >= 4 is 28.6 Å². The van der Waals surface area contributed by atoms with E-state index in [2.05, 4.69) is 27.0 Å². The zero-order chi connectivity index (χ0) is 19.8. The van der Waals surface area contributed by atoms with Gasteiger partial charge in [-0.05, 0) is 35.9 Å². The minimum absolute atomic E-state index is 0.213. The Bertz CT molecular complexity index is 1220. The Morgan fingerprint density at radius 2 is 2.00 bits per heavy atom. The summed E-state index contributed by atoms with van der Waals surface area (Å²) in [6, 6.07) is 19.9. The average Bonchev–Trinajstić information content (AvgIpc) is 2.99. The van der Waals surface area contributed by atoms with Crippen LogP contribution in [-0.4, -0.2) is 38.0 Å². The van der Waals surface area contributed by atoms with E-state index in [1.807, 2.05) is 48.5 Å². The van der Waals surface area contributed by atoms with Gasteiger partial charge in [0.25, 0.3) is 0 Å². The number of benzene rings is 2. The first-order valence-electron chi connectivity index (χ1n) is 9.49. The number of aliphatic hydroxyl groups is 1. The molecule has 0 spiro atoms. The molecule has 0 saturated carbocycles. The van der Waals surface area contributed by atoms with Gasteiger partial charge in [-0.15, -0.1) is 11.8 Å². The number of aromatic nitrogens is 3. The van der Waals surface area contributed by atoms with Crippen molar-refractivity contribution in [2.24, 2.45) is 0 Å². The number of imidazole rings is 1. The molecule has 0 bridgehead atoms. The van der Waals surface area contributed by atoms with Crippen LogP contribution < -0.4 is 10.6 Å². The zero-order valence-corrected chi connectivity index (χ0v) is 16.5. The van der Waals surface area contributed by atoms with Gasteiger partial charge in [0, 0.05) is 29.9 Å². The van der Waals surface area contributed by atoms with E-state index in [4.69, 9.17) is 0 Å². The van der Waals surface area contributed by atoms with Crippen molar-refractivity contribution < 1.29 is 5.11 Å². The minimum Gasteiger partial charge on any atom is -0.390 e. The number of fused-ring (bicyclic) bond motifs is 2. The summed E-state index contributed by atoms with van der Waals surface area (Å²) in [6.45, 7) is 1.24. The summed E-state index contributed by atoms with van der Waals surface area (Å²) in [6.07, 6.45) is 1.25. The van der Waals surface area contributed by atoms with Gasteiger partial charge in [0.15, 0.2) is 5.65 Å². The maximum absolute atomic E-state index is 12.6. The second-order valence-electron chi connectivity index (χ2n) is 7.12. The van der Waals surface area contributed by atoms with Crippen LogP contribution in [-0.2, 0) is 6.54 Å². The number of pyridine rings is 1. The first kappa shape index (κ1) is 18.0. The fourth-order valence-electron chi connectivity index (χ4n) is 3.76. The second-order valence-corrected chi connectivity index (χ2v) is 8.18. The molecule has 146 valence electrons. The molecule has 5 rings (SSSR count). The van der Waals surface area contributed by atoms with Crippen molar-refractivity contribution in [3.63, 3.8) is 0 Å². The Balaban J connectivity index is 1.62. The van der Waals surface area contributed by atoms with Gasteiger partial charge < -0.3 is 10.0 Å². The predicted octanol–water partition coefficient (Wildman–Crippen LogP) is 3.19. The largest absolute Gasteiger partial charge is 0.390 e. The SMILES string of the molecule is O=c1[nH]c2ncccc2n1-c1ccc2c(c1)N(Cc1ccccc1)CC(O)CS2. The van der Waals surface area contributed by atoms with Crippen molar-refractivity contribution in [1.29, 1.82) is 0 Å². The number of anilines is 1. The van der Waals surface area contributed by atoms with Gasteiger partial charge in [0.2, 0.25) is 0 Å². The molecule has 1 unspecified atom stereocenters. The highest BCUT2D eigenvalue weighted by molar-refractivity contribution is 7.99. The molecule has 0 fully saturated rings. The van der Waals surface area contributed by atoms with Gasteiger partial charge >= 0.3 is 5.69 Å². The summed E-state index contributed by atoms with van der Waals surface area (Å²) in [4.78, 5) is 23.0. The molecule has 1 aliphatic rings. The minimum atomic E-state index is -0.417. The van der Waals surface area contributed by atoms with Crippen molar-refractivity contribution in [3.8, 4) is 5.69 Å². The van der Waals surface area contributed by atoms with Crippen LogP contribution in [0, 0.1) is 0 Å². The molecule has 1 atom stereocenters. The van der Waals surface area contributed by atoms with Crippen molar-refractivity contribution in [2.45, 2.75) is 17.5 Å². The molecule has 3 heterocycles. The third-order valence-electron chi connectivity index (χ3n) is 5.08. The maximum atomic E-state index is 12.6. The Morgan fingerprint density at radius 3 is 2.86 bits per heavy atom. The first-order chi connectivity index (χ1) is 14.2. The lowest BCUT2D eigenvalue weighted by Gasteiger charge is -2.26. The Kier molecular flexibility index (Phi) is 4.61. The number of nitrogens with zero attached hydrogens (tertiary/aromatic N) is 3. The highest BCUT2D eigenvalue weighted by Gasteiger charge is 2.22. The lowest BCUT2D eigenvalue weighted by molar-refractivity contribution is 0.205. The summed E-state index contributed by atoms with van der Waals surface area (Å²) in [5.74, 6) is 0.647. The Morgan fingerprint density at radius 1 is 1.14 bits per heavy atom. The number of aromatic amines is 1. The van der Waals surface area contributed by atoms with Gasteiger partial charge in [-0.25, -0.2) is 9.78 Å². The Labute approximate surface area is 171 Å². The third kappa shape index (κ3) is 3.43. The lowest BCUT2D eigenvalue weighted by atomic mass is 10.1. The number of H-pyrrole nitrogens is 1. The van der Waals surface area contributed by atoms with E-state index in [1.165, 1.54) is 5.56 Å². The van der Waals surface area contributed by atoms with Crippen molar-refractivity contribution in [3.05, 3.63) is 82.9 Å². The quantitative estimate of drug-likeness (QED) is 0.549. The van der Waals surface area contributed by atoms with Gasteiger partial charge in [0.05, 0.1) is 23.0 Å². The summed E-state index contributed by atoms with van der Waals surface area (Å²) in [5.41, 5.74) is 4.08. The highest BCUT2D eigenvalue weighted by Crippen LogP contribution is 2.36. The van der Waals surface area contributed by atoms with Gasteiger partial charge in [-0.1, -0.05) is 30.3 Å². The van der Waals surface area contributed by atoms with Crippen molar-refractivity contribution in [2.75, 3.05) is 17.2 Å². The summed E-state index contributed by atoms with van der Waals surface area (Å²) in [5, 5.41) is 10.4. The summed E-state index contributed by atoms with van der Waals surface area (Å²) < 4.78 is 1.65. The monoisotopic (exact) mass is 404 g/mol. The van der Waals surface area contributed by atoms with Crippen LogP contribution in [0.5, 0.6) is 0 Å². The van der Waals surface area contributed by atoms with Crippen molar-refractivity contribution in [1.82, 2.24) is 14.5 Å². The normalized spacial score (nSPS) is 16.6. The molecule has 0 radical (unpaired) electrons. The van der Waals surface area contributed by atoms with Crippen LogP contribution in [0.2, 0.25) is 0 Å². The Hall–Kier alpha value is -3.03. The van der Waals surface area contributed by atoms with E-state index in [9.17, 15) is 9.90 Å². The number of nitrogens with one attached hydrogen (secondary N) is 1. The smallest absolute Gasteiger partial charge is 0.332 e. The van der Waals surface area contributed by atoms with Gasteiger partial charge in [0.1, 0.15) is 0 Å². The molecule has 1 aliphatic heterocycles. The van der Waals surface area contributed by atoms with Crippen LogP contribution in [0.1, 0.15) is 5.56 Å². The topological polar surface area (TPSA) is 74.2 Å². The number of aliphatic hydroxyl groups excluding tert-OH is 1. The molecule has 4 aromatic rings. The van der Waals surface area contributed by atoms with E-state index in [0.29, 0.717) is 24.5 Å².